The number of halogens is 1. The molecule has 118 valence electrons. The van der Waals surface area contributed by atoms with Gasteiger partial charge in [-0.15, -0.1) is 12.4 Å². The lowest BCUT2D eigenvalue weighted by atomic mass is 9.82. The lowest BCUT2D eigenvalue weighted by molar-refractivity contribution is -0.132. The van der Waals surface area contributed by atoms with E-state index in [0.717, 1.165) is 25.7 Å². The highest BCUT2D eigenvalue weighted by atomic mass is 35.5. The van der Waals surface area contributed by atoms with Gasteiger partial charge in [0, 0.05) is 6.04 Å². The van der Waals surface area contributed by atoms with E-state index in [1.165, 1.54) is 0 Å². The molecule has 0 saturated heterocycles. The van der Waals surface area contributed by atoms with Gasteiger partial charge >= 0.3 is 0 Å². The SMILES string of the molecule is CCC(C)NC(=O)C(C)NC(=O)C1(N)CCCCC1.Cl. The Bertz CT molecular complexity index is 330. The quantitative estimate of drug-likeness (QED) is 0.719. The van der Waals surface area contributed by atoms with Gasteiger partial charge in [0.05, 0.1) is 5.54 Å². The molecule has 1 aliphatic rings. The summed E-state index contributed by atoms with van der Waals surface area (Å²) < 4.78 is 0. The third-order valence-electron chi connectivity index (χ3n) is 3.94. The molecule has 0 aromatic rings. The van der Waals surface area contributed by atoms with Crippen molar-refractivity contribution in [2.24, 2.45) is 5.73 Å². The van der Waals surface area contributed by atoms with E-state index in [0.29, 0.717) is 12.8 Å². The van der Waals surface area contributed by atoms with Crippen LogP contribution in [0.25, 0.3) is 0 Å². The van der Waals surface area contributed by atoms with Crippen LogP contribution in [0.3, 0.4) is 0 Å². The molecule has 1 rings (SSSR count). The Labute approximate surface area is 127 Å². The lowest BCUT2D eigenvalue weighted by Gasteiger charge is -2.32. The Hall–Kier alpha value is -0.810. The van der Waals surface area contributed by atoms with Crippen LogP contribution in [0, 0.1) is 0 Å². The summed E-state index contributed by atoms with van der Waals surface area (Å²) in [6.45, 7) is 5.64. The molecular weight excluding hydrogens is 278 g/mol. The number of nitrogens with one attached hydrogen (secondary N) is 2. The van der Waals surface area contributed by atoms with E-state index in [1.807, 2.05) is 13.8 Å². The summed E-state index contributed by atoms with van der Waals surface area (Å²) in [5.74, 6) is -0.346. The largest absolute Gasteiger partial charge is 0.352 e. The van der Waals surface area contributed by atoms with Crippen molar-refractivity contribution in [2.75, 3.05) is 0 Å². The molecule has 20 heavy (non-hydrogen) atoms. The standard InChI is InChI=1S/C14H27N3O2.ClH/c1-4-10(2)16-12(18)11(3)17-13(19)14(15)8-6-5-7-9-14;/h10-11H,4-9,15H2,1-3H3,(H,16,18)(H,17,19);1H. The number of hydrogen-bond acceptors (Lipinski definition) is 3. The van der Waals surface area contributed by atoms with Crippen molar-refractivity contribution in [1.29, 1.82) is 0 Å². The zero-order chi connectivity index (χ0) is 14.5. The first-order valence-corrected chi connectivity index (χ1v) is 7.29. The highest BCUT2D eigenvalue weighted by Crippen LogP contribution is 2.26. The molecule has 1 fully saturated rings. The van der Waals surface area contributed by atoms with Crippen LogP contribution in [0.5, 0.6) is 0 Å². The highest BCUT2D eigenvalue weighted by Gasteiger charge is 2.36. The normalized spacial score (nSPS) is 20.2. The first-order valence-electron chi connectivity index (χ1n) is 7.29. The van der Waals surface area contributed by atoms with Crippen LogP contribution in [0.4, 0.5) is 0 Å². The Morgan fingerprint density at radius 1 is 1.15 bits per heavy atom. The monoisotopic (exact) mass is 305 g/mol. The third kappa shape index (κ3) is 5.29. The van der Waals surface area contributed by atoms with Gasteiger partial charge in [0.2, 0.25) is 11.8 Å². The zero-order valence-corrected chi connectivity index (χ0v) is 13.5. The average molecular weight is 306 g/mol. The van der Waals surface area contributed by atoms with Crippen molar-refractivity contribution in [3.8, 4) is 0 Å². The molecule has 0 bridgehead atoms. The van der Waals surface area contributed by atoms with Gasteiger partial charge in [-0.25, -0.2) is 0 Å². The van der Waals surface area contributed by atoms with Crippen LogP contribution in [0.15, 0.2) is 0 Å². The van der Waals surface area contributed by atoms with E-state index >= 15 is 0 Å². The Balaban J connectivity index is 0.00000361. The first-order chi connectivity index (χ1) is 8.89. The molecule has 0 aliphatic heterocycles. The van der Waals surface area contributed by atoms with E-state index in [4.69, 9.17) is 5.73 Å². The number of carbonyl (C=O) groups excluding carboxylic acids is 2. The fourth-order valence-corrected chi connectivity index (χ4v) is 2.29. The number of rotatable bonds is 5. The summed E-state index contributed by atoms with van der Waals surface area (Å²) in [6.07, 6.45) is 5.38. The second kappa shape index (κ2) is 8.47. The van der Waals surface area contributed by atoms with Gasteiger partial charge in [0.15, 0.2) is 0 Å². The van der Waals surface area contributed by atoms with Gasteiger partial charge < -0.3 is 16.4 Å². The molecule has 1 aliphatic carbocycles. The number of nitrogens with two attached hydrogens (primary N) is 1. The molecule has 4 N–H and O–H groups in total. The van der Waals surface area contributed by atoms with E-state index < -0.39 is 11.6 Å². The van der Waals surface area contributed by atoms with Crippen molar-refractivity contribution >= 4 is 24.2 Å². The van der Waals surface area contributed by atoms with Crippen LogP contribution >= 0.6 is 12.4 Å². The summed E-state index contributed by atoms with van der Waals surface area (Å²) in [4.78, 5) is 24.0. The smallest absolute Gasteiger partial charge is 0.242 e. The zero-order valence-electron chi connectivity index (χ0n) is 12.7. The van der Waals surface area contributed by atoms with Gasteiger partial charge in [-0.05, 0) is 33.1 Å². The van der Waals surface area contributed by atoms with Crippen molar-refractivity contribution in [3.05, 3.63) is 0 Å². The molecule has 0 spiro atoms. The van der Waals surface area contributed by atoms with Gasteiger partial charge in [-0.1, -0.05) is 26.2 Å². The number of hydrogen-bond donors (Lipinski definition) is 3. The van der Waals surface area contributed by atoms with Crippen LogP contribution in [0.2, 0.25) is 0 Å². The van der Waals surface area contributed by atoms with E-state index in [2.05, 4.69) is 10.6 Å². The fraction of sp³-hybridized carbons (Fsp3) is 0.857. The van der Waals surface area contributed by atoms with E-state index in [-0.39, 0.29) is 30.3 Å². The van der Waals surface area contributed by atoms with Crippen LogP contribution < -0.4 is 16.4 Å². The number of amides is 2. The van der Waals surface area contributed by atoms with Crippen molar-refractivity contribution < 1.29 is 9.59 Å². The van der Waals surface area contributed by atoms with Crippen molar-refractivity contribution in [3.63, 3.8) is 0 Å². The molecule has 6 heteroatoms. The first kappa shape index (κ1) is 19.2. The Morgan fingerprint density at radius 3 is 2.20 bits per heavy atom. The predicted octanol–water partition coefficient (Wildman–Crippen LogP) is 1.49. The number of carbonyl (C=O) groups is 2. The molecule has 0 heterocycles. The minimum atomic E-state index is -0.789. The van der Waals surface area contributed by atoms with Gasteiger partial charge in [0.1, 0.15) is 6.04 Å². The van der Waals surface area contributed by atoms with E-state index in [1.54, 1.807) is 6.92 Å². The highest BCUT2D eigenvalue weighted by molar-refractivity contribution is 5.91. The minimum absolute atomic E-state index is 0. The second-order valence-corrected chi connectivity index (χ2v) is 5.73. The summed E-state index contributed by atoms with van der Waals surface area (Å²) >= 11 is 0. The van der Waals surface area contributed by atoms with E-state index in [9.17, 15) is 9.59 Å². The molecule has 2 amide bonds. The average Bonchev–Trinajstić information content (AvgIpc) is 2.39. The lowest BCUT2D eigenvalue weighted by Crippen LogP contribution is -2.59. The maximum Gasteiger partial charge on any atom is 0.242 e. The molecule has 5 nitrogen and oxygen atoms in total. The minimum Gasteiger partial charge on any atom is -0.352 e. The molecule has 2 atom stereocenters. The molecule has 0 aromatic heterocycles. The molecule has 1 saturated carbocycles. The second-order valence-electron chi connectivity index (χ2n) is 5.73. The van der Waals surface area contributed by atoms with Crippen molar-refractivity contribution in [1.82, 2.24) is 10.6 Å². The Morgan fingerprint density at radius 2 is 1.70 bits per heavy atom. The van der Waals surface area contributed by atoms with Crippen molar-refractivity contribution in [2.45, 2.75) is 76.9 Å². The van der Waals surface area contributed by atoms with Gasteiger partial charge in [-0.3, -0.25) is 9.59 Å². The summed E-state index contributed by atoms with van der Waals surface area (Å²) in [5.41, 5.74) is 5.35. The van der Waals surface area contributed by atoms with Crippen LogP contribution in [-0.4, -0.2) is 29.4 Å². The molecule has 0 radical (unpaired) electrons. The Kier molecular flexibility index (Phi) is 8.13. The van der Waals surface area contributed by atoms with Crippen LogP contribution in [0.1, 0.15) is 59.3 Å². The summed E-state index contributed by atoms with van der Waals surface area (Å²) in [5, 5.41) is 5.60. The summed E-state index contributed by atoms with van der Waals surface area (Å²) in [6, 6.07) is -0.419. The van der Waals surface area contributed by atoms with Crippen LogP contribution in [-0.2, 0) is 9.59 Å². The van der Waals surface area contributed by atoms with Gasteiger partial charge in [0.25, 0.3) is 0 Å². The third-order valence-corrected chi connectivity index (χ3v) is 3.94. The molecule has 0 aromatic carbocycles. The summed E-state index contributed by atoms with van der Waals surface area (Å²) in [7, 11) is 0. The predicted molar refractivity (Wildman–Crippen MR) is 82.8 cm³/mol. The van der Waals surface area contributed by atoms with Gasteiger partial charge in [-0.2, -0.15) is 0 Å². The topological polar surface area (TPSA) is 84.2 Å². The maximum absolute atomic E-state index is 12.2. The fourth-order valence-electron chi connectivity index (χ4n) is 2.29. The molecule has 2 unspecified atom stereocenters. The maximum atomic E-state index is 12.2. The molecular formula is C14H28ClN3O2.